The summed E-state index contributed by atoms with van der Waals surface area (Å²) in [7, 11) is 0. The fraction of sp³-hybridized carbons (Fsp3) is 0.333. The van der Waals surface area contributed by atoms with Crippen molar-refractivity contribution in [2.45, 2.75) is 32.2 Å². The van der Waals surface area contributed by atoms with Crippen molar-refractivity contribution in [3.8, 4) is 23.2 Å². The molecule has 1 atom stereocenters. The summed E-state index contributed by atoms with van der Waals surface area (Å²) in [5.74, 6) is 7.80. The average molecular weight is 364 g/mol. The van der Waals surface area contributed by atoms with E-state index in [2.05, 4.69) is 28.9 Å². The van der Waals surface area contributed by atoms with Gasteiger partial charge in [-0.15, -0.1) is 0 Å². The second kappa shape index (κ2) is 9.17. The van der Waals surface area contributed by atoms with Crippen molar-refractivity contribution in [1.82, 2.24) is 14.7 Å². The van der Waals surface area contributed by atoms with E-state index in [-0.39, 0.29) is 12.6 Å². The van der Waals surface area contributed by atoms with Crippen molar-refractivity contribution >= 4 is 0 Å². The summed E-state index contributed by atoms with van der Waals surface area (Å²) >= 11 is 0. The number of aryl methyl sites for hydroxylation is 1. The standard InChI is InChI=1S/C21H24N4O2/c1-2-21-23-11-12-25(21)19(15-22)18-14-20(27-24-18)17-9-7-16(8-10-17)6-4-3-5-13-26/h7-12,14,19,26H,2-3,5,13,15,22H2,1H3/t19-/m1/s1. The molecule has 0 spiro atoms. The molecule has 0 aliphatic heterocycles. The molecule has 3 aromatic rings. The van der Waals surface area contributed by atoms with Gasteiger partial charge in [-0.25, -0.2) is 4.98 Å². The third kappa shape index (κ3) is 4.45. The van der Waals surface area contributed by atoms with Crippen LogP contribution >= 0.6 is 0 Å². The van der Waals surface area contributed by atoms with Gasteiger partial charge in [0.25, 0.3) is 0 Å². The lowest BCUT2D eigenvalue weighted by Gasteiger charge is -2.15. The van der Waals surface area contributed by atoms with Gasteiger partial charge in [0.1, 0.15) is 11.5 Å². The third-order valence-corrected chi connectivity index (χ3v) is 4.36. The fourth-order valence-corrected chi connectivity index (χ4v) is 2.91. The smallest absolute Gasteiger partial charge is 0.167 e. The van der Waals surface area contributed by atoms with Gasteiger partial charge in [-0.1, -0.05) is 23.9 Å². The molecular weight excluding hydrogens is 340 g/mol. The van der Waals surface area contributed by atoms with Crippen LogP contribution < -0.4 is 5.73 Å². The number of nitrogens with two attached hydrogens (primary N) is 1. The minimum absolute atomic E-state index is 0.100. The molecule has 0 radical (unpaired) electrons. The summed E-state index contributed by atoms with van der Waals surface area (Å²) in [5.41, 5.74) is 8.65. The Morgan fingerprint density at radius 1 is 1.30 bits per heavy atom. The number of aliphatic hydroxyl groups is 1. The Morgan fingerprint density at radius 2 is 2.11 bits per heavy atom. The van der Waals surface area contributed by atoms with Gasteiger partial charge in [-0.3, -0.25) is 0 Å². The van der Waals surface area contributed by atoms with Gasteiger partial charge in [0, 0.05) is 55.6 Å². The highest BCUT2D eigenvalue weighted by atomic mass is 16.5. The lowest BCUT2D eigenvalue weighted by atomic mass is 10.1. The molecule has 140 valence electrons. The number of nitrogens with zero attached hydrogens (tertiary/aromatic N) is 3. The van der Waals surface area contributed by atoms with E-state index >= 15 is 0 Å². The topological polar surface area (TPSA) is 90.1 Å². The Balaban J connectivity index is 1.77. The summed E-state index contributed by atoms with van der Waals surface area (Å²) in [4.78, 5) is 4.36. The van der Waals surface area contributed by atoms with Crippen LogP contribution in [0.25, 0.3) is 11.3 Å². The maximum atomic E-state index is 8.78. The lowest BCUT2D eigenvalue weighted by molar-refractivity contribution is 0.290. The molecule has 3 N–H and O–H groups in total. The maximum absolute atomic E-state index is 8.78. The number of benzene rings is 1. The third-order valence-electron chi connectivity index (χ3n) is 4.36. The zero-order valence-electron chi connectivity index (χ0n) is 15.4. The van der Waals surface area contributed by atoms with Gasteiger partial charge in [0.05, 0.1) is 6.04 Å². The quantitative estimate of drug-likeness (QED) is 0.497. The summed E-state index contributed by atoms with van der Waals surface area (Å²) in [6.07, 6.45) is 5.93. The van der Waals surface area contributed by atoms with Crippen LogP contribution in [-0.4, -0.2) is 33.0 Å². The first-order chi connectivity index (χ1) is 13.3. The Morgan fingerprint density at radius 3 is 2.81 bits per heavy atom. The lowest BCUT2D eigenvalue weighted by Crippen LogP contribution is -2.21. The monoisotopic (exact) mass is 364 g/mol. The van der Waals surface area contributed by atoms with Crippen LogP contribution in [0.15, 0.2) is 47.2 Å². The van der Waals surface area contributed by atoms with Crippen LogP contribution in [0.3, 0.4) is 0 Å². The maximum Gasteiger partial charge on any atom is 0.167 e. The Hall–Kier alpha value is -2.88. The van der Waals surface area contributed by atoms with Crippen molar-refractivity contribution in [1.29, 1.82) is 0 Å². The zero-order chi connectivity index (χ0) is 19.1. The molecule has 0 aliphatic carbocycles. The fourth-order valence-electron chi connectivity index (χ4n) is 2.91. The predicted molar refractivity (Wildman–Crippen MR) is 104 cm³/mol. The summed E-state index contributed by atoms with van der Waals surface area (Å²) in [5, 5.41) is 13.0. The number of aliphatic hydroxyl groups excluding tert-OH is 1. The van der Waals surface area contributed by atoms with Crippen LogP contribution in [0.1, 0.15) is 42.9 Å². The number of unbranched alkanes of at least 4 members (excludes halogenated alkanes) is 1. The Bertz CT molecular complexity index is 916. The van der Waals surface area contributed by atoms with Gasteiger partial charge >= 0.3 is 0 Å². The predicted octanol–water partition coefficient (Wildman–Crippen LogP) is 2.77. The molecule has 2 aromatic heterocycles. The highest BCUT2D eigenvalue weighted by Crippen LogP contribution is 2.25. The van der Waals surface area contributed by atoms with Gasteiger partial charge in [-0.05, 0) is 30.7 Å². The summed E-state index contributed by atoms with van der Waals surface area (Å²) in [6, 6.07) is 9.67. The molecule has 6 heteroatoms. The van der Waals surface area contributed by atoms with Crippen molar-refractivity contribution in [3.63, 3.8) is 0 Å². The van der Waals surface area contributed by atoms with E-state index in [4.69, 9.17) is 15.4 Å². The summed E-state index contributed by atoms with van der Waals surface area (Å²) in [6.45, 7) is 2.65. The normalized spacial score (nSPS) is 11.8. The molecule has 0 amide bonds. The second-order valence-electron chi connectivity index (χ2n) is 6.18. The first kappa shape index (κ1) is 18.9. The zero-order valence-corrected chi connectivity index (χ0v) is 15.4. The van der Waals surface area contributed by atoms with Crippen LogP contribution in [-0.2, 0) is 6.42 Å². The molecule has 2 heterocycles. The molecule has 0 aliphatic rings. The van der Waals surface area contributed by atoms with E-state index < -0.39 is 0 Å². The van der Waals surface area contributed by atoms with Crippen molar-refractivity contribution in [2.24, 2.45) is 5.73 Å². The number of hydrogen-bond acceptors (Lipinski definition) is 5. The molecule has 0 unspecified atom stereocenters. The average Bonchev–Trinajstić information content (AvgIpc) is 3.37. The van der Waals surface area contributed by atoms with Crippen molar-refractivity contribution < 1.29 is 9.63 Å². The highest BCUT2D eigenvalue weighted by Gasteiger charge is 2.19. The summed E-state index contributed by atoms with van der Waals surface area (Å²) < 4.78 is 7.60. The molecular formula is C21H24N4O2. The largest absolute Gasteiger partial charge is 0.396 e. The van der Waals surface area contributed by atoms with Crippen molar-refractivity contribution in [2.75, 3.05) is 13.2 Å². The van der Waals surface area contributed by atoms with E-state index in [0.717, 1.165) is 29.1 Å². The first-order valence-corrected chi connectivity index (χ1v) is 9.15. The first-order valence-electron chi connectivity index (χ1n) is 9.15. The Kier molecular flexibility index (Phi) is 6.42. The number of hydrogen-bond donors (Lipinski definition) is 2. The molecule has 3 rings (SSSR count). The highest BCUT2D eigenvalue weighted by molar-refractivity contribution is 5.59. The van der Waals surface area contributed by atoms with E-state index in [9.17, 15) is 0 Å². The van der Waals surface area contributed by atoms with Gasteiger partial charge in [0.15, 0.2) is 5.76 Å². The number of rotatable bonds is 7. The van der Waals surface area contributed by atoms with Gasteiger partial charge in [-0.2, -0.15) is 0 Å². The van der Waals surface area contributed by atoms with E-state index in [1.807, 2.05) is 41.1 Å². The van der Waals surface area contributed by atoms with Crippen LogP contribution in [0.5, 0.6) is 0 Å². The molecule has 27 heavy (non-hydrogen) atoms. The van der Waals surface area contributed by atoms with Crippen LogP contribution in [0, 0.1) is 11.8 Å². The van der Waals surface area contributed by atoms with Crippen LogP contribution in [0.2, 0.25) is 0 Å². The molecule has 6 nitrogen and oxygen atoms in total. The van der Waals surface area contributed by atoms with E-state index in [1.165, 1.54) is 0 Å². The van der Waals surface area contributed by atoms with Crippen molar-refractivity contribution in [3.05, 3.63) is 59.8 Å². The molecule has 0 bridgehead atoms. The SMILES string of the molecule is CCc1nccn1[C@H](CN)c1cc(-c2ccc(C#CCCCO)cc2)on1. The number of aromatic nitrogens is 3. The van der Waals surface area contributed by atoms with E-state index in [0.29, 0.717) is 25.1 Å². The second-order valence-corrected chi connectivity index (χ2v) is 6.18. The van der Waals surface area contributed by atoms with Gasteiger partial charge in [0.2, 0.25) is 0 Å². The molecule has 0 saturated heterocycles. The van der Waals surface area contributed by atoms with E-state index in [1.54, 1.807) is 6.20 Å². The van der Waals surface area contributed by atoms with Crippen LogP contribution in [0.4, 0.5) is 0 Å². The molecule has 0 saturated carbocycles. The number of imidazole rings is 1. The molecule has 1 aromatic carbocycles. The minimum Gasteiger partial charge on any atom is -0.396 e. The Labute approximate surface area is 159 Å². The molecule has 0 fully saturated rings. The van der Waals surface area contributed by atoms with Gasteiger partial charge < -0.3 is 19.9 Å². The minimum atomic E-state index is -0.100.